The molecule has 1 heterocycles. The molecule has 0 fully saturated rings. The van der Waals surface area contributed by atoms with E-state index >= 15 is 0 Å². The second-order valence-electron chi connectivity index (χ2n) is 6.81. The van der Waals surface area contributed by atoms with Crippen LogP contribution in [0.3, 0.4) is 0 Å². The second-order valence-corrected chi connectivity index (χ2v) is 7.91. The van der Waals surface area contributed by atoms with E-state index in [0.29, 0.717) is 21.9 Å². The minimum absolute atomic E-state index is 0.110. The van der Waals surface area contributed by atoms with Crippen molar-refractivity contribution in [2.45, 2.75) is 25.9 Å². The van der Waals surface area contributed by atoms with Crippen molar-refractivity contribution < 1.29 is 19.1 Å². The number of aryl methyl sites for hydroxylation is 1. The number of hydrogen-bond acceptors (Lipinski definition) is 5. The zero-order valence-electron chi connectivity index (χ0n) is 16.1. The number of benzene rings is 2. The van der Waals surface area contributed by atoms with Gasteiger partial charge in [0.05, 0.1) is 12.7 Å². The molecule has 0 saturated carbocycles. The number of anilines is 1. The summed E-state index contributed by atoms with van der Waals surface area (Å²) in [4.78, 5) is 26.8. The molecule has 2 aromatic carbocycles. The molecule has 1 aromatic heterocycles. The number of carbonyl (C=O) groups is 2. The Morgan fingerprint density at radius 1 is 1.07 bits per heavy atom. The Labute approximate surface area is 173 Å². The molecule has 5 nitrogen and oxygen atoms in total. The van der Waals surface area contributed by atoms with Gasteiger partial charge in [0.1, 0.15) is 17.4 Å². The summed E-state index contributed by atoms with van der Waals surface area (Å²) >= 11 is 1.47. The Hall–Kier alpha value is -3.12. The van der Waals surface area contributed by atoms with Gasteiger partial charge in [-0.1, -0.05) is 42.5 Å². The van der Waals surface area contributed by atoms with Gasteiger partial charge in [0.15, 0.2) is 5.78 Å². The van der Waals surface area contributed by atoms with E-state index in [1.54, 1.807) is 31.4 Å². The van der Waals surface area contributed by atoms with Gasteiger partial charge in [-0.3, -0.25) is 10.1 Å². The van der Waals surface area contributed by atoms with Gasteiger partial charge in [-0.15, -0.1) is 11.3 Å². The van der Waals surface area contributed by atoms with E-state index in [2.05, 4.69) is 5.32 Å². The van der Waals surface area contributed by atoms with E-state index in [1.807, 2.05) is 30.3 Å². The number of ether oxygens (including phenoxy) is 2. The molecule has 0 unspecified atom stereocenters. The van der Waals surface area contributed by atoms with Crippen molar-refractivity contribution in [1.29, 1.82) is 0 Å². The van der Waals surface area contributed by atoms with Crippen molar-refractivity contribution in [2.75, 3.05) is 12.4 Å². The molecule has 6 heteroatoms. The molecule has 0 spiro atoms. The van der Waals surface area contributed by atoms with Crippen molar-refractivity contribution in [1.82, 2.24) is 0 Å². The van der Waals surface area contributed by atoms with Crippen molar-refractivity contribution >= 4 is 28.2 Å². The van der Waals surface area contributed by atoms with Crippen LogP contribution in [-0.2, 0) is 24.2 Å². The molecular formula is C23H21NO4S. The monoisotopic (exact) mass is 407 g/mol. The lowest BCUT2D eigenvalue weighted by molar-refractivity contribution is 0.103. The van der Waals surface area contributed by atoms with Gasteiger partial charge in [0, 0.05) is 10.4 Å². The first kappa shape index (κ1) is 19.2. The molecule has 1 aliphatic carbocycles. The van der Waals surface area contributed by atoms with E-state index < -0.39 is 6.09 Å². The van der Waals surface area contributed by atoms with Crippen LogP contribution < -0.4 is 10.1 Å². The van der Waals surface area contributed by atoms with Crippen molar-refractivity contribution in [2.24, 2.45) is 0 Å². The predicted octanol–water partition coefficient (Wildman–Crippen LogP) is 5.23. The first-order chi connectivity index (χ1) is 14.2. The summed E-state index contributed by atoms with van der Waals surface area (Å²) in [6.07, 6.45) is 2.24. The highest BCUT2D eigenvalue weighted by atomic mass is 32.1. The average Bonchev–Trinajstić information content (AvgIpc) is 3.33. The first-order valence-electron chi connectivity index (χ1n) is 9.46. The number of rotatable bonds is 6. The van der Waals surface area contributed by atoms with Gasteiger partial charge >= 0.3 is 6.09 Å². The predicted molar refractivity (Wildman–Crippen MR) is 113 cm³/mol. The Balaban J connectivity index is 1.56. The van der Waals surface area contributed by atoms with Crippen LogP contribution >= 0.6 is 11.3 Å². The zero-order valence-corrected chi connectivity index (χ0v) is 16.9. The van der Waals surface area contributed by atoms with Gasteiger partial charge in [-0.2, -0.15) is 0 Å². The summed E-state index contributed by atoms with van der Waals surface area (Å²) in [6, 6.07) is 16.6. The number of ketones is 1. The molecule has 29 heavy (non-hydrogen) atoms. The molecule has 148 valence electrons. The number of amides is 1. The zero-order chi connectivity index (χ0) is 20.2. The molecule has 1 amide bonds. The van der Waals surface area contributed by atoms with E-state index in [-0.39, 0.29) is 12.4 Å². The van der Waals surface area contributed by atoms with E-state index in [1.165, 1.54) is 11.3 Å². The molecule has 0 saturated heterocycles. The van der Waals surface area contributed by atoms with Crippen LogP contribution in [0.5, 0.6) is 5.75 Å². The minimum atomic E-state index is -0.562. The highest BCUT2D eigenvalue weighted by Crippen LogP contribution is 2.40. The van der Waals surface area contributed by atoms with Crippen LogP contribution in [0.4, 0.5) is 9.80 Å². The third-order valence-corrected chi connectivity index (χ3v) is 6.12. The fraction of sp³-hybridized carbons (Fsp3) is 0.217. The van der Waals surface area contributed by atoms with Crippen LogP contribution in [0.1, 0.15) is 38.3 Å². The summed E-state index contributed by atoms with van der Waals surface area (Å²) in [5.41, 5.74) is 3.06. The van der Waals surface area contributed by atoms with Gasteiger partial charge in [-0.05, 0) is 42.5 Å². The second kappa shape index (κ2) is 8.49. The topological polar surface area (TPSA) is 64.6 Å². The molecule has 3 aromatic rings. The lowest BCUT2D eigenvalue weighted by Crippen LogP contribution is -2.15. The number of hydrogen-bond donors (Lipinski definition) is 1. The first-order valence-corrected chi connectivity index (χ1v) is 10.3. The van der Waals surface area contributed by atoms with Crippen LogP contribution in [0, 0.1) is 0 Å². The maximum atomic E-state index is 13.3. The van der Waals surface area contributed by atoms with Gasteiger partial charge in [-0.25, -0.2) is 4.79 Å². The minimum Gasteiger partial charge on any atom is -0.497 e. The Bertz CT molecular complexity index is 1040. The number of fused-ring (bicyclic) bond motifs is 1. The van der Waals surface area contributed by atoms with Crippen LogP contribution in [0.25, 0.3) is 0 Å². The lowest BCUT2D eigenvalue weighted by atomic mass is 10.00. The summed E-state index contributed by atoms with van der Waals surface area (Å²) in [5.74, 6) is 0.515. The van der Waals surface area contributed by atoms with Gasteiger partial charge < -0.3 is 9.47 Å². The molecule has 0 aliphatic heterocycles. The maximum absolute atomic E-state index is 13.3. The number of methoxy groups -OCH3 is 1. The van der Waals surface area contributed by atoms with Crippen LogP contribution in [-0.4, -0.2) is 19.0 Å². The smallest absolute Gasteiger partial charge is 0.412 e. The Morgan fingerprint density at radius 2 is 1.90 bits per heavy atom. The maximum Gasteiger partial charge on any atom is 0.412 e. The normalized spacial score (nSPS) is 12.3. The largest absolute Gasteiger partial charge is 0.497 e. The third-order valence-electron chi connectivity index (χ3n) is 4.91. The number of carbonyl (C=O) groups excluding carboxylic acids is 2. The van der Waals surface area contributed by atoms with Crippen LogP contribution in [0.2, 0.25) is 0 Å². The molecule has 0 atom stereocenters. The van der Waals surface area contributed by atoms with E-state index in [9.17, 15) is 9.59 Å². The highest BCUT2D eigenvalue weighted by molar-refractivity contribution is 7.17. The van der Waals surface area contributed by atoms with E-state index in [0.717, 1.165) is 35.3 Å². The Morgan fingerprint density at radius 3 is 2.69 bits per heavy atom. The SMILES string of the molecule is COc1cccc(C(=O)c2c(NC(=O)OCc3ccccc3)sc3c2CCC3)c1. The highest BCUT2D eigenvalue weighted by Gasteiger charge is 2.28. The fourth-order valence-corrected chi connectivity index (χ4v) is 4.77. The third kappa shape index (κ3) is 4.17. The number of thiophene rings is 1. The lowest BCUT2D eigenvalue weighted by Gasteiger charge is -2.10. The van der Waals surface area contributed by atoms with Crippen molar-refractivity contribution in [3.8, 4) is 5.75 Å². The fourth-order valence-electron chi connectivity index (χ4n) is 3.49. The Kier molecular flexibility index (Phi) is 5.62. The quantitative estimate of drug-likeness (QED) is 0.569. The summed E-state index contributed by atoms with van der Waals surface area (Å²) in [5, 5.41) is 3.35. The summed E-state index contributed by atoms with van der Waals surface area (Å²) in [7, 11) is 1.57. The molecule has 1 aliphatic rings. The average molecular weight is 407 g/mol. The molecule has 1 N–H and O–H groups in total. The molecule has 0 radical (unpaired) electrons. The number of nitrogens with one attached hydrogen (secondary N) is 1. The van der Waals surface area contributed by atoms with Crippen molar-refractivity contribution in [3.63, 3.8) is 0 Å². The summed E-state index contributed by atoms with van der Waals surface area (Å²) in [6.45, 7) is 0.178. The van der Waals surface area contributed by atoms with Crippen LogP contribution in [0.15, 0.2) is 54.6 Å². The van der Waals surface area contributed by atoms with Gasteiger partial charge in [0.25, 0.3) is 0 Å². The van der Waals surface area contributed by atoms with E-state index in [4.69, 9.17) is 9.47 Å². The molecular weight excluding hydrogens is 386 g/mol. The molecule has 4 rings (SSSR count). The van der Waals surface area contributed by atoms with Gasteiger partial charge in [0.2, 0.25) is 0 Å². The van der Waals surface area contributed by atoms with Crippen molar-refractivity contribution in [3.05, 3.63) is 81.7 Å². The summed E-state index contributed by atoms with van der Waals surface area (Å²) < 4.78 is 10.6. The molecule has 0 bridgehead atoms. The standard InChI is InChI=1S/C23H21NO4S/c1-27-17-10-5-9-16(13-17)21(25)20-18-11-6-12-19(18)29-22(20)24-23(26)28-14-15-7-3-2-4-8-15/h2-5,7-10,13H,6,11-12,14H2,1H3,(H,24,26).